The first-order valence-corrected chi connectivity index (χ1v) is 10.7. The molecular weight excluding hydrogens is 402 g/mol. The van der Waals surface area contributed by atoms with Gasteiger partial charge in [0.05, 0.1) is 0 Å². The van der Waals surface area contributed by atoms with Crippen molar-refractivity contribution >= 4 is 23.3 Å². The summed E-state index contributed by atoms with van der Waals surface area (Å²) in [6.45, 7) is 5.73. The number of nitrogens with zero attached hydrogens (tertiary/aromatic N) is 5. The Bertz CT molecular complexity index is 1140. The number of hydrogen-bond donors (Lipinski definition) is 0. The van der Waals surface area contributed by atoms with Gasteiger partial charge in [-0.2, -0.15) is 9.50 Å². The van der Waals surface area contributed by atoms with Crippen LogP contribution in [0.25, 0.3) is 17.2 Å². The number of rotatable bonds is 4. The fourth-order valence-corrected chi connectivity index (χ4v) is 4.08. The summed E-state index contributed by atoms with van der Waals surface area (Å²) in [4.78, 5) is 32.2. The van der Waals surface area contributed by atoms with Gasteiger partial charge in [-0.3, -0.25) is 9.59 Å². The van der Waals surface area contributed by atoms with Crippen LogP contribution in [0.15, 0.2) is 29.1 Å². The number of aryl methyl sites for hydroxylation is 1. The molecule has 4 rings (SSSR count). The Morgan fingerprint density at radius 1 is 1.20 bits per heavy atom. The zero-order valence-electron chi connectivity index (χ0n) is 17.6. The Hall–Kier alpha value is -2.67. The number of benzene rings is 1. The zero-order valence-corrected chi connectivity index (χ0v) is 18.3. The quantitative estimate of drug-likeness (QED) is 0.640. The highest BCUT2D eigenvalue weighted by molar-refractivity contribution is 6.30. The number of aromatic nitrogens is 4. The molecule has 1 aromatic carbocycles. The largest absolute Gasteiger partial charge is 0.343 e. The molecule has 0 saturated carbocycles. The number of fused-ring (bicyclic) bond motifs is 1. The van der Waals surface area contributed by atoms with Gasteiger partial charge in [0.2, 0.25) is 11.7 Å². The highest BCUT2D eigenvalue weighted by Crippen LogP contribution is 2.20. The topological polar surface area (TPSA) is 72.5 Å². The number of piperidine rings is 1. The third-order valence-electron chi connectivity index (χ3n) is 6.11. The average molecular weight is 428 g/mol. The predicted molar refractivity (Wildman–Crippen MR) is 117 cm³/mol. The Kier molecular flexibility index (Phi) is 5.64. The Balaban J connectivity index is 1.61. The number of amides is 1. The minimum Gasteiger partial charge on any atom is -0.343 e. The molecular formula is C22H26ClN5O2. The predicted octanol–water partition coefficient (Wildman–Crippen LogP) is 3.25. The summed E-state index contributed by atoms with van der Waals surface area (Å²) in [7, 11) is 1.86. The van der Waals surface area contributed by atoms with Gasteiger partial charge >= 0.3 is 0 Å². The number of likely N-dealkylation sites (tertiary alicyclic amines) is 1. The van der Waals surface area contributed by atoms with E-state index in [4.69, 9.17) is 11.6 Å². The zero-order chi connectivity index (χ0) is 21.4. The lowest BCUT2D eigenvalue weighted by Gasteiger charge is -2.30. The summed E-state index contributed by atoms with van der Waals surface area (Å²) in [5.41, 5.74) is 1.99. The van der Waals surface area contributed by atoms with Crippen LogP contribution in [0, 0.1) is 12.8 Å². The third kappa shape index (κ3) is 3.86. The lowest BCUT2D eigenvalue weighted by molar-refractivity contribution is -0.132. The van der Waals surface area contributed by atoms with Gasteiger partial charge in [0.25, 0.3) is 5.56 Å². The molecule has 1 amide bonds. The minimum atomic E-state index is -0.214. The first-order chi connectivity index (χ1) is 14.3. The second kappa shape index (κ2) is 8.22. The molecule has 3 aromatic rings. The van der Waals surface area contributed by atoms with Crippen molar-refractivity contribution in [2.75, 3.05) is 13.1 Å². The van der Waals surface area contributed by atoms with Crippen LogP contribution < -0.4 is 5.56 Å². The van der Waals surface area contributed by atoms with Crippen molar-refractivity contribution in [3.63, 3.8) is 0 Å². The monoisotopic (exact) mass is 427 g/mol. The summed E-state index contributed by atoms with van der Waals surface area (Å²) >= 11 is 5.96. The Morgan fingerprint density at radius 2 is 1.87 bits per heavy atom. The van der Waals surface area contributed by atoms with E-state index in [0.29, 0.717) is 40.9 Å². The van der Waals surface area contributed by atoms with Gasteiger partial charge in [-0.05, 0) is 56.4 Å². The fourth-order valence-electron chi connectivity index (χ4n) is 3.95. The second-order valence-corrected chi connectivity index (χ2v) is 8.58. The molecule has 158 valence electrons. The molecule has 7 nitrogen and oxygen atoms in total. The number of hydrogen-bond acceptors (Lipinski definition) is 4. The molecule has 0 unspecified atom stereocenters. The summed E-state index contributed by atoms with van der Waals surface area (Å²) in [5.74, 6) is 1.73. The molecule has 3 heterocycles. The summed E-state index contributed by atoms with van der Waals surface area (Å²) in [6.07, 6.45) is 2.82. The SMILES string of the molecule is Cc1c(CCC(=O)N2CCC(C)CC2)c(=O)n2nc(-c3ccc(Cl)cc3)nc2n1C. The van der Waals surface area contributed by atoms with E-state index in [1.807, 2.05) is 35.6 Å². The van der Waals surface area contributed by atoms with Crippen LogP contribution in [0.2, 0.25) is 5.02 Å². The maximum atomic E-state index is 13.1. The first kappa shape index (κ1) is 20.6. The standard InChI is InChI=1S/C22H26ClN5O2/c1-14-10-12-27(13-11-14)19(29)9-8-18-15(2)26(3)22-24-20(25-28(22)21(18)30)16-4-6-17(23)7-5-16/h4-7,14H,8-13H2,1-3H3. The summed E-state index contributed by atoms with van der Waals surface area (Å²) in [6, 6.07) is 7.19. The molecule has 8 heteroatoms. The Morgan fingerprint density at radius 3 is 2.53 bits per heavy atom. The van der Waals surface area contributed by atoms with E-state index in [-0.39, 0.29) is 11.5 Å². The first-order valence-electron chi connectivity index (χ1n) is 10.3. The van der Waals surface area contributed by atoms with Gasteiger partial charge in [0.15, 0.2) is 5.82 Å². The minimum absolute atomic E-state index is 0.115. The summed E-state index contributed by atoms with van der Waals surface area (Å²) in [5, 5.41) is 5.06. The molecule has 1 aliphatic heterocycles. The van der Waals surface area contributed by atoms with Gasteiger partial charge in [0.1, 0.15) is 0 Å². The van der Waals surface area contributed by atoms with Crippen LogP contribution in [0.5, 0.6) is 0 Å². The number of carbonyl (C=O) groups excluding carboxylic acids is 1. The normalized spacial score (nSPS) is 15.1. The lowest BCUT2D eigenvalue weighted by atomic mass is 9.98. The molecule has 30 heavy (non-hydrogen) atoms. The average Bonchev–Trinajstić information content (AvgIpc) is 3.19. The smallest absolute Gasteiger partial charge is 0.279 e. The van der Waals surface area contributed by atoms with Crippen molar-refractivity contribution in [2.24, 2.45) is 13.0 Å². The molecule has 1 saturated heterocycles. The van der Waals surface area contributed by atoms with Crippen molar-refractivity contribution in [1.29, 1.82) is 0 Å². The van der Waals surface area contributed by atoms with Crippen molar-refractivity contribution in [2.45, 2.75) is 39.5 Å². The van der Waals surface area contributed by atoms with Gasteiger partial charge in [-0.15, -0.1) is 5.10 Å². The molecule has 2 aromatic heterocycles. The summed E-state index contributed by atoms with van der Waals surface area (Å²) < 4.78 is 3.19. The second-order valence-electron chi connectivity index (χ2n) is 8.15. The molecule has 1 aliphatic rings. The van der Waals surface area contributed by atoms with Crippen LogP contribution in [0.3, 0.4) is 0 Å². The van der Waals surface area contributed by atoms with Crippen LogP contribution >= 0.6 is 11.6 Å². The molecule has 0 bridgehead atoms. The number of halogens is 1. The van der Waals surface area contributed by atoms with E-state index >= 15 is 0 Å². The van der Waals surface area contributed by atoms with E-state index in [2.05, 4.69) is 17.0 Å². The molecule has 0 atom stereocenters. The van der Waals surface area contributed by atoms with Crippen LogP contribution in [-0.2, 0) is 18.3 Å². The van der Waals surface area contributed by atoms with Crippen molar-refractivity contribution < 1.29 is 4.79 Å². The molecule has 0 N–H and O–H groups in total. The molecule has 0 aliphatic carbocycles. The van der Waals surface area contributed by atoms with Gasteiger partial charge in [-0.1, -0.05) is 18.5 Å². The van der Waals surface area contributed by atoms with E-state index in [0.717, 1.165) is 37.2 Å². The third-order valence-corrected chi connectivity index (χ3v) is 6.36. The molecule has 1 fully saturated rings. The van der Waals surface area contributed by atoms with Gasteiger partial charge < -0.3 is 9.47 Å². The van der Waals surface area contributed by atoms with E-state index in [1.54, 1.807) is 12.1 Å². The maximum Gasteiger partial charge on any atom is 0.279 e. The Labute approximate surface area is 180 Å². The van der Waals surface area contributed by atoms with Crippen LogP contribution in [0.1, 0.15) is 37.4 Å². The van der Waals surface area contributed by atoms with Gasteiger partial charge in [-0.25, -0.2) is 0 Å². The van der Waals surface area contributed by atoms with E-state index < -0.39 is 0 Å². The van der Waals surface area contributed by atoms with E-state index in [9.17, 15) is 9.59 Å². The van der Waals surface area contributed by atoms with Crippen molar-refractivity contribution in [3.05, 3.63) is 50.9 Å². The highest BCUT2D eigenvalue weighted by atomic mass is 35.5. The van der Waals surface area contributed by atoms with Crippen LogP contribution in [0.4, 0.5) is 0 Å². The highest BCUT2D eigenvalue weighted by Gasteiger charge is 2.22. The van der Waals surface area contributed by atoms with Gasteiger partial charge in [0, 0.05) is 48.4 Å². The van der Waals surface area contributed by atoms with E-state index in [1.165, 1.54) is 4.52 Å². The fraction of sp³-hybridized carbons (Fsp3) is 0.455. The maximum absolute atomic E-state index is 13.1. The van der Waals surface area contributed by atoms with Crippen molar-refractivity contribution in [1.82, 2.24) is 24.1 Å². The van der Waals surface area contributed by atoms with Crippen LogP contribution in [-0.4, -0.2) is 43.1 Å². The van der Waals surface area contributed by atoms with Crippen molar-refractivity contribution in [3.8, 4) is 11.4 Å². The lowest BCUT2D eigenvalue weighted by Crippen LogP contribution is -2.38. The number of carbonyl (C=O) groups is 1. The molecule has 0 radical (unpaired) electrons. The molecule has 0 spiro atoms.